The molecule has 1 heteroatoms. The van der Waals surface area contributed by atoms with Gasteiger partial charge in [0.25, 0.3) is 0 Å². The van der Waals surface area contributed by atoms with Crippen molar-refractivity contribution in [2.45, 2.75) is 26.7 Å². The van der Waals surface area contributed by atoms with Gasteiger partial charge in [-0.05, 0) is 36.1 Å². The number of fused-ring (bicyclic) bond motifs is 1. The van der Waals surface area contributed by atoms with E-state index in [2.05, 4.69) is 32.0 Å². The van der Waals surface area contributed by atoms with Crippen LogP contribution in [-0.2, 0) is 12.8 Å². The zero-order valence-corrected chi connectivity index (χ0v) is 8.26. The van der Waals surface area contributed by atoms with Crippen LogP contribution in [0.1, 0.15) is 25.0 Å². The van der Waals surface area contributed by atoms with E-state index in [1.807, 2.05) is 0 Å². The van der Waals surface area contributed by atoms with E-state index in [4.69, 9.17) is 4.74 Å². The van der Waals surface area contributed by atoms with E-state index in [0.29, 0.717) is 0 Å². The molecular weight excluding hydrogens is 160 g/mol. The molecule has 0 N–H and O–H groups in total. The third-order valence-corrected chi connectivity index (χ3v) is 2.37. The summed E-state index contributed by atoms with van der Waals surface area (Å²) in [6, 6.07) is 6.42. The molecule has 0 atom stereocenters. The zero-order chi connectivity index (χ0) is 9.26. The highest BCUT2D eigenvalue weighted by molar-refractivity contribution is 5.41. The molecule has 0 heterocycles. The first-order valence-corrected chi connectivity index (χ1v) is 4.79. The molecule has 0 amide bonds. The van der Waals surface area contributed by atoms with Crippen LogP contribution in [0.4, 0.5) is 0 Å². The number of rotatable bonds is 3. The quantitative estimate of drug-likeness (QED) is 0.686. The Balaban J connectivity index is 2.01. The van der Waals surface area contributed by atoms with Gasteiger partial charge in [-0.2, -0.15) is 0 Å². The van der Waals surface area contributed by atoms with Gasteiger partial charge in [0.2, 0.25) is 0 Å². The summed E-state index contributed by atoms with van der Waals surface area (Å²) >= 11 is 0. The van der Waals surface area contributed by atoms with E-state index in [0.717, 1.165) is 12.4 Å². The second-order valence-corrected chi connectivity index (χ2v) is 3.93. The molecule has 0 unspecified atom stereocenters. The SMILES string of the molecule is C[C](C)COc1ccc2c(c1)CC2. The van der Waals surface area contributed by atoms with Gasteiger partial charge in [-0.1, -0.05) is 19.9 Å². The first-order chi connectivity index (χ1) is 6.25. The van der Waals surface area contributed by atoms with Gasteiger partial charge in [-0.3, -0.25) is 0 Å². The fourth-order valence-electron chi connectivity index (χ4n) is 1.49. The highest BCUT2D eigenvalue weighted by atomic mass is 16.5. The second-order valence-electron chi connectivity index (χ2n) is 3.93. The molecule has 1 nitrogen and oxygen atoms in total. The van der Waals surface area contributed by atoms with E-state index in [-0.39, 0.29) is 0 Å². The lowest BCUT2D eigenvalue weighted by Crippen LogP contribution is -2.09. The van der Waals surface area contributed by atoms with Crippen molar-refractivity contribution in [2.75, 3.05) is 6.61 Å². The Morgan fingerprint density at radius 1 is 1.23 bits per heavy atom. The predicted octanol–water partition coefficient (Wildman–Crippen LogP) is 2.78. The van der Waals surface area contributed by atoms with Crippen LogP contribution in [-0.4, -0.2) is 6.61 Å². The van der Waals surface area contributed by atoms with Crippen molar-refractivity contribution in [1.29, 1.82) is 0 Å². The minimum absolute atomic E-state index is 0.735. The van der Waals surface area contributed by atoms with Gasteiger partial charge in [0, 0.05) is 5.92 Å². The van der Waals surface area contributed by atoms with Crippen molar-refractivity contribution in [3.05, 3.63) is 35.2 Å². The summed E-state index contributed by atoms with van der Waals surface area (Å²) in [7, 11) is 0. The third-order valence-electron chi connectivity index (χ3n) is 2.37. The minimum Gasteiger partial charge on any atom is -0.493 e. The molecule has 0 aromatic heterocycles. The molecule has 0 saturated heterocycles. The van der Waals surface area contributed by atoms with Crippen LogP contribution in [0.25, 0.3) is 0 Å². The normalized spacial score (nSPS) is 13.8. The van der Waals surface area contributed by atoms with Crippen molar-refractivity contribution in [3.63, 3.8) is 0 Å². The Morgan fingerprint density at radius 3 is 2.54 bits per heavy atom. The van der Waals surface area contributed by atoms with Gasteiger partial charge in [0.15, 0.2) is 0 Å². The largest absolute Gasteiger partial charge is 0.493 e. The van der Waals surface area contributed by atoms with Crippen molar-refractivity contribution >= 4 is 0 Å². The lowest BCUT2D eigenvalue weighted by molar-refractivity contribution is 0.331. The fraction of sp³-hybridized carbons (Fsp3) is 0.417. The molecule has 0 aliphatic heterocycles. The smallest absolute Gasteiger partial charge is 0.119 e. The van der Waals surface area contributed by atoms with Crippen molar-refractivity contribution in [2.24, 2.45) is 0 Å². The Labute approximate surface area is 79.7 Å². The summed E-state index contributed by atoms with van der Waals surface area (Å²) in [6.07, 6.45) is 2.47. The molecule has 1 aromatic rings. The van der Waals surface area contributed by atoms with Gasteiger partial charge in [-0.25, -0.2) is 0 Å². The van der Waals surface area contributed by atoms with E-state index in [1.54, 1.807) is 0 Å². The van der Waals surface area contributed by atoms with Gasteiger partial charge < -0.3 is 4.74 Å². The lowest BCUT2D eigenvalue weighted by Gasteiger charge is -2.19. The van der Waals surface area contributed by atoms with Crippen LogP contribution in [0.3, 0.4) is 0 Å². The Hall–Kier alpha value is -0.980. The third kappa shape index (κ3) is 1.85. The minimum atomic E-state index is 0.735. The lowest BCUT2D eigenvalue weighted by atomic mass is 9.89. The molecule has 1 radical (unpaired) electrons. The molecule has 1 aromatic carbocycles. The van der Waals surface area contributed by atoms with Crippen LogP contribution in [0.5, 0.6) is 5.75 Å². The fourth-order valence-corrected chi connectivity index (χ4v) is 1.49. The van der Waals surface area contributed by atoms with Gasteiger partial charge in [-0.15, -0.1) is 0 Å². The highest BCUT2D eigenvalue weighted by Crippen LogP contribution is 2.27. The van der Waals surface area contributed by atoms with Crippen molar-refractivity contribution in [1.82, 2.24) is 0 Å². The van der Waals surface area contributed by atoms with E-state index < -0.39 is 0 Å². The molecule has 0 bridgehead atoms. The average molecular weight is 175 g/mol. The molecular formula is C12H15O. The summed E-state index contributed by atoms with van der Waals surface area (Å²) in [6.45, 7) is 4.90. The average Bonchev–Trinajstić information content (AvgIpc) is 2.05. The summed E-state index contributed by atoms with van der Waals surface area (Å²) in [5.41, 5.74) is 2.95. The summed E-state index contributed by atoms with van der Waals surface area (Å²) in [5.74, 6) is 2.32. The van der Waals surface area contributed by atoms with Crippen LogP contribution in [0.15, 0.2) is 18.2 Å². The number of ether oxygens (including phenoxy) is 1. The van der Waals surface area contributed by atoms with E-state index >= 15 is 0 Å². The zero-order valence-electron chi connectivity index (χ0n) is 8.26. The first kappa shape index (κ1) is 8.61. The number of hydrogen-bond acceptors (Lipinski definition) is 1. The molecule has 1 aliphatic carbocycles. The Morgan fingerprint density at radius 2 is 2.00 bits per heavy atom. The van der Waals surface area contributed by atoms with Crippen molar-refractivity contribution in [3.8, 4) is 5.75 Å². The molecule has 1 aliphatic rings. The first-order valence-electron chi connectivity index (χ1n) is 4.79. The summed E-state index contributed by atoms with van der Waals surface area (Å²) in [4.78, 5) is 0. The topological polar surface area (TPSA) is 9.23 Å². The maximum Gasteiger partial charge on any atom is 0.119 e. The molecule has 0 saturated carbocycles. The van der Waals surface area contributed by atoms with Crippen molar-refractivity contribution < 1.29 is 4.74 Å². The van der Waals surface area contributed by atoms with Gasteiger partial charge >= 0.3 is 0 Å². The maximum atomic E-state index is 5.60. The summed E-state index contributed by atoms with van der Waals surface area (Å²) in [5, 5.41) is 0. The van der Waals surface area contributed by atoms with Crippen LogP contribution in [0, 0.1) is 5.92 Å². The molecule has 2 rings (SSSR count). The van der Waals surface area contributed by atoms with Crippen LogP contribution >= 0.6 is 0 Å². The standard InChI is InChI=1S/C12H15O/c1-9(2)8-13-12-6-5-10-3-4-11(10)7-12/h5-7H,3-4,8H2,1-2H3. The van der Waals surface area contributed by atoms with E-state index in [1.165, 1.54) is 29.9 Å². The number of aryl methyl sites for hydroxylation is 2. The molecule has 13 heavy (non-hydrogen) atoms. The van der Waals surface area contributed by atoms with Gasteiger partial charge in [0.1, 0.15) is 5.75 Å². The van der Waals surface area contributed by atoms with E-state index in [9.17, 15) is 0 Å². The molecule has 0 fully saturated rings. The summed E-state index contributed by atoms with van der Waals surface area (Å²) < 4.78 is 5.60. The molecule has 0 spiro atoms. The second kappa shape index (κ2) is 3.41. The van der Waals surface area contributed by atoms with Gasteiger partial charge in [0.05, 0.1) is 6.61 Å². The number of benzene rings is 1. The molecule has 69 valence electrons. The Bertz CT molecular complexity index is 302. The van der Waals surface area contributed by atoms with Crippen LogP contribution in [0.2, 0.25) is 0 Å². The monoisotopic (exact) mass is 175 g/mol. The highest BCUT2D eigenvalue weighted by Gasteiger charge is 2.12. The predicted molar refractivity (Wildman–Crippen MR) is 53.9 cm³/mol. The number of hydrogen-bond donors (Lipinski definition) is 0. The maximum absolute atomic E-state index is 5.60. The Kier molecular flexibility index (Phi) is 2.26. The van der Waals surface area contributed by atoms with Crippen LogP contribution < -0.4 is 4.74 Å².